The standard InChI is InChI=1S/C19H27N5O3/c1-13(2)15-10-24(11-16(15)21-19(26)22(3)4)18(25)17-6-5-14(27-17)9-23-8-7-20-12-23/h5-8,12-13,15-16H,9-11H2,1-4H3,(H,21,26). The molecule has 1 aliphatic rings. The van der Waals surface area contributed by atoms with Gasteiger partial charge in [0.1, 0.15) is 5.76 Å². The van der Waals surface area contributed by atoms with Gasteiger partial charge in [0.15, 0.2) is 5.76 Å². The minimum Gasteiger partial charge on any atom is -0.454 e. The lowest BCUT2D eigenvalue weighted by atomic mass is 9.91. The average molecular weight is 373 g/mol. The third-order valence-corrected chi connectivity index (χ3v) is 4.99. The first kappa shape index (κ1) is 19.0. The molecular weight excluding hydrogens is 346 g/mol. The number of nitrogens with zero attached hydrogens (tertiary/aromatic N) is 4. The van der Waals surface area contributed by atoms with Gasteiger partial charge >= 0.3 is 6.03 Å². The number of likely N-dealkylation sites (tertiary alicyclic amines) is 1. The molecule has 0 spiro atoms. The number of amides is 3. The number of imidazole rings is 1. The molecule has 0 radical (unpaired) electrons. The molecule has 8 nitrogen and oxygen atoms in total. The molecule has 1 fully saturated rings. The summed E-state index contributed by atoms with van der Waals surface area (Å²) in [5, 5.41) is 3.03. The number of carbonyl (C=O) groups is 2. The fraction of sp³-hybridized carbons (Fsp3) is 0.526. The molecule has 3 heterocycles. The van der Waals surface area contributed by atoms with E-state index in [1.807, 2.05) is 16.8 Å². The summed E-state index contributed by atoms with van der Waals surface area (Å²) in [4.78, 5) is 32.2. The summed E-state index contributed by atoms with van der Waals surface area (Å²) in [6, 6.07) is 3.32. The van der Waals surface area contributed by atoms with Crippen LogP contribution in [-0.2, 0) is 6.54 Å². The quantitative estimate of drug-likeness (QED) is 0.868. The Balaban J connectivity index is 1.67. The molecule has 1 aliphatic heterocycles. The van der Waals surface area contributed by atoms with Crippen LogP contribution in [0.5, 0.6) is 0 Å². The van der Waals surface area contributed by atoms with Gasteiger partial charge in [-0.1, -0.05) is 13.8 Å². The fourth-order valence-electron chi connectivity index (χ4n) is 3.40. The number of nitrogens with one attached hydrogen (secondary N) is 1. The predicted octanol–water partition coefficient (Wildman–Crippen LogP) is 1.89. The molecular formula is C19H27N5O3. The highest BCUT2D eigenvalue weighted by atomic mass is 16.4. The summed E-state index contributed by atoms with van der Waals surface area (Å²) in [5.74, 6) is 1.45. The van der Waals surface area contributed by atoms with E-state index in [1.165, 1.54) is 4.90 Å². The van der Waals surface area contributed by atoms with Gasteiger partial charge in [-0.25, -0.2) is 9.78 Å². The summed E-state index contributed by atoms with van der Waals surface area (Å²) < 4.78 is 7.63. The Morgan fingerprint density at radius 1 is 1.33 bits per heavy atom. The van der Waals surface area contributed by atoms with Crippen molar-refractivity contribution in [2.24, 2.45) is 11.8 Å². The Labute approximate surface area is 159 Å². The Morgan fingerprint density at radius 2 is 2.11 bits per heavy atom. The molecule has 1 saturated heterocycles. The summed E-state index contributed by atoms with van der Waals surface area (Å²) in [5.41, 5.74) is 0. The molecule has 146 valence electrons. The molecule has 2 aromatic rings. The molecule has 2 atom stereocenters. The molecule has 2 aromatic heterocycles. The first-order valence-corrected chi connectivity index (χ1v) is 9.16. The smallest absolute Gasteiger partial charge is 0.317 e. The monoisotopic (exact) mass is 373 g/mol. The Bertz CT molecular complexity index is 781. The number of hydrogen-bond donors (Lipinski definition) is 1. The van der Waals surface area contributed by atoms with Crippen LogP contribution >= 0.6 is 0 Å². The van der Waals surface area contributed by atoms with Crippen molar-refractivity contribution in [1.29, 1.82) is 0 Å². The molecule has 27 heavy (non-hydrogen) atoms. The van der Waals surface area contributed by atoms with Gasteiger partial charge in [-0.3, -0.25) is 4.79 Å². The van der Waals surface area contributed by atoms with Crippen molar-refractivity contribution in [3.05, 3.63) is 42.4 Å². The highest BCUT2D eigenvalue weighted by molar-refractivity contribution is 5.92. The highest BCUT2D eigenvalue weighted by Gasteiger charge is 2.38. The number of urea groups is 1. The molecule has 3 rings (SSSR count). The van der Waals surface area contributed by atoms with Crippen molar-refractivity contribution >= 4 is 11.9 Å². The Hall–Kier alpha value is -2.77. The van der Waals surface area contributed by atoms with Crippen LogP contribution in [0.2, 0.25) is 0 Å². The van der Waals surface area contributed by atoms with Crippen LogP contribution in [0.25, 0.3) is 0 Å². The van der Waals surface area contributed by atoms with E-state index >= 15 is 0 Å². The minimum absolute atomic E-state index is 0.0655. The van der Waals surface area contributed by atoms with E-state index in [9.17, 15) is 9.59 Å². The van der Waals surface area contributed by atoms with Gasteiger partial charge < -0.3 is 24.1 Å². The van der Waals surface area contributed by atoms with Crippen molar-refractivity contribution in [1.82, 2.24) is 24.7 Å². The lowest BCUT2D eigenvalue weighted by Gasteiger charge is -2.24. The third kappa shape index (κ3) is 4.32. The lowest BCUT2D eigenvalue weighted by Crippen LogP contribution is -2.46. The van der Waals surface area contributed by atoms with Crippen LogP contribution in [0.1, 0.15) is 30.2 Å². The van der Waals surface area contributed by atoms with Gasteiger partial charge in [0, 0.05) is 45.5 Å². The molecule has 3 amide bonds. The second-order valence-corrected chi connectivity index (χ2v) is 7.57. The van der Waals surface area contributed by atoms with E-state index in [4.69, 9.17) is 4.42 Å². The van der Waals surface area contributed by atoms with Crippen LogP contribution in [0.4, 0.5) is 4.79 Å². The van der Waals surface area contributed by atoms with Crippen LogP contribution in [0.3, 0.4) is 0 Å². The number of aromatic nitrogens is 2. The van der Waals surface area contributed by atoms with E-state index in [1.54, 1.807) is 37.6 Å². The maximum Gasteiger partial charge on any atom is 0.317 e. The summed E-state index contributed by atoms with van der Waals surface area (Å²) in [6.07, 6.45) is 5.25. The molecule has 0 saturated carbocycles. The van der Waals surface area contributed by atoms with Gasteiger partial charge in [-0.05, 0) is 18.1 Å². The van der Waals surface area contributed by atoms with Crippen LogP contribution in [-0.4, -0.2) is 64.5 Å². The maximum absolute atomic E-state index is 12.9. The van der Waals surface area contributed by atoms with Crippen molar-refractivity contribution in [3.63, 3.8) is 0 Å². The van der Waals surface area contributed by atoms with Crippen molar-refractivity contribution in [2.75, 3.05) is 27.2 Å². The highest BCUT2D eigenvalue weighted by Crippen LogP contribution is 2.26. The zero-order valence-electron chi connectivity index (χ0n) is 16.3. The topological polar surface area (TPSA) is 83.6 Å². The number of rotatable bonds is 5. The van der Waals surface area contributed by atoms with Gasteiger partial charge in [0.25, 0.3) is 5.91 Å². The SMILES string of the molecule is CC(C)C1CN(C(=O)c2ccc(Cn3ccnc3)o2)CC1NC(=O)N(C)C. The second kappa shape index (κ2) is 7.85. The van der Waals surface area contributed by atoms with Gasteiger partial charge in [0.05, 0.1) is 18.9 Å². The van der Waals surface area contributed by atoms with Crippen LogP contribution < -0.4 is 5.32 Å². The van der Waals surface area contributed by atoms with E-state index in [2.05, 4.69) is 24.1 Å². The lowest BCUT2D eigenvalue weighted by molar-refractivity contribution is 0.0748. The number of carbonyl (C=O) groups excluding carboxylic acids is 2. The van der Waals surface area contributed by atoms with Crippen LogP contribution in [0.15, 0.2) is 35.3 Å². The van der Waals surface area contributed by atoms with Crippen molar-refractivity contribution in [2.45, 2.75) is 26.4 Å². The second-order valence-electron chi connectivity index (χ2n) is 7.57. The zero-order valence-corrected chi connectivity index (χ0v) is 16.3. The Morgan fingerprint density at radius 3 is 2.74 bits per heavy atom. The third-order valence-electron chi connectivity index (χ3n) is 4.99. The van der Waals surface area contributed by atoms with Gasteiger partial charge in [-0.2, -0.15) is 0 Å². The van der Waals surface area contributed by atoms with E-state index in [-0.39, 0.29) is 23.9 Å². The van der Waals surface area contributed by atoms with Crippen molar-refractivity contribution in [3.8, 4) is 0 Å². The minimum atomic E-state index is -0.140. The van der Waals surface area contributed by atoms with Crippen molar-refractivity contribution < 1.29 is 14.0 Å². The molecule has 2 unspecified atom stereocenters. The molecule has 8 heteroatoms. The number of hydrogen-bond acceptors (Lipinski definition) is 4. The summed E-state index contributed by atoms with van der Waals surface area (Å²) in [7, 11) is 3.42. The zero-order chi connectivity index (χ0) is 19.6. The van der Waals surface area contributed by atoms with E-state index < -0.39 is 0 Å². The van der Waals surface area contributed by atoms with E-state index in [0.717, 1.165) is 0 Å². The average Bonchev–Trinajstić information content (AvgIpc) is 3.35. The first-order valence-electron chi connectivity index (χ1n) is 9.16. The normalized spacial score (nSPS) is 19.5. The maximum atomic E-state index is 12.9. The summed E-state index contributed by atoms with van der Waals surface area (Å²) in [6.45, 7) is 5.85. The molecule has 0 aliphatic carbocycles. The summed E-state index contributed by atoms with van der Waals surface area (Å²) >= 11 is 0. The predicted molar refractivity (Wildman–Crippen MR) is 100 cm³/mol. The van der Waals surface area contributed by atoms with Crippen LogP contribution in [0, 0.1) is 11.8 Å². The van der Waals surface area contributed by atoms with Gasteiger partial charge in [0.2, 0.25) is 0 Å². The first-order chi connectivity index (χ1) is 12.8. The molecule has 1 N–H and O–H groups in total. The Kier molecular flexibility index (Phi) is 5.53. The van der Waals surface area contributed by atoms with Gasteiger partial charge in [-0.15, -0.1) is 0 Å². The fourth-order valence-corrected chi connectivity index (χ4v) is 3.40. The molecule has 0 aromatic carbocycles. The van der Waals surface area contributed by atoms with E-state index in [0.29, 0.717) is 37.1 Å². The number of furan rings is 1. The largest absolute Gasteiger partial charge is 0.454 e. The molecule has 0 bridgehead atoms.